The van der Waals surface area contributed by atoms with Gasteiger partial charge in [0.15, 0.2) is 5.69 Å². The lowest BCUT2D eigenvalue weighted by Gasteiger charge is -2.36. The van der Waals surface area contributed by atoms with Crippen molar-refractivity contribution in [2.75, 3.05) is 55.4 Å². The fraction of sp³-hybridized carbons (Fsp3) is 0.378. The van der Waals surface area contributed by atoms with Gasteiger partial charge in [-0.05, 0) is 85.0 Å². The number of alkyl halides is 6. The van der Waals surface area contributed by atoms with Crippen LogP contribution >= 0.6 is 0 Å². The van der Waals surface area contributed by atoms with Crippen LogP contribution in [-0.2, 0) is 28.1 Å². The summed E-state index contributed by atoms with van der Waals surface area (Å²) in [5, 5.41) is 6.65. The minimum atomic E-state index is -4.60. The molecule has 2 aliphatic heterocycles. The molecule has 288 valence electrons. The SMILES string of the molecule is CCN1CCN(c2ccc(C(=O)N3CCC(c4ccc(Oc5ccc(C(F)(F)F)nn5)cc4)CC3)cc2NS(=O)(=O)Cc2ccc(C(F)(F)F)cc2)CC1. The molecule has 3 aromatic carbocycles. The highest BCUT2D eigenvalue weighted by atomic mass is 32.2. The lowest BCUT2D eigenvalue weighted by atomic mass is 9.89. The van der Waals surface area contributed by atoms with Crippen molar-refractivity contribution in [2.24, 2.45) is 0 Å². The monoisotopic (exact) mass is 776 g/mol. The summed E-state index contributed by atoms with van der Waals surface area (Å²) in [6, 6.07) is 17.9. The van der Waals surface area contributed by atoms with Gasteiger partial charge in [0.05, 0.1) is 22.7 Å². The second-order valence-electron chi connectivity index (χ2n) is 13.2. The number of likely N-dealkylation sites (tertiary alicyclic amines) is 1. The number of likely N-dealkylation sites (N-methyl/N-ethyl adjacent to an activating group) is 1. The summed E-state index contributed by atoms with van der Waals surface area (Å²) >= 11 is 0. The van der Waals surface area contributed by atoms with Crippen molar-refractivity contribution >= 4 is 27.3 Å². The molecule has 17 heteroatoms. The maximum absolute atomic E-state index is 13.8. The number of hydrogen-bond donors (Lipinski definition) is 1. The van der Waals surface area contributed by atoms with Gasteiger partial charge in [-0.2, -0.15) is 26.3 Å². The first kappa shape index (κ1) is 38.8. The van der Waals surface area contributed by atoms with Gasteiger partial charge in [-0.25, -0.2) is 8.42 Å². The van der Waals surface area contributed by atoms with Crippen LogP contribution < -0.4 is 14.4 Å². The van der Waals surface area contributed by atoms with Crippen molar-refractivity contribution in [2.45, 2.75) is 43.8 Å². The van der Waals surface area contributed by atoms with Crippen LogP contribution in [0.15, 0.2) is 78.9 Å². The number of piperazine rings is 1. The van der Waals surface area contributed by atoms with Crippen molar-refractivity contribution in [1.29, 1.82) is 0 Å². The molecule has 2 saturated heterocycles. The number of nitrogens with one attached hydrogen (secondary N) is 1. The van der Waals surface area contributed by atoms with E-state index < -0.39 is 39.4 Å². The number of rotatable bonds is 10. The van der Waals surface area contributed by atoms with Crippen LogP contribution in [0.1, 0.15) is 58.4 Å². The molecular weight excluding hydrogens is 738 g/mol. The number of nitrogens with zero attached hydrogens (tertiary/aromatic N) is 5. The van der Waals surface area contributed by atoms with E-state index in [1.165, 1.54) is 6.07 Å². The van der Waals surface area contributed by atoms with E-state index in [-0.39, 0.29) is 29.0 Å². The molecule has 3 heterocycles. The third-order valence-electron chi connectivity index (χ3n) is 9.59. The van der Waals surface area contributed by atoms with Crippen LogP contribution in [0.25, 0.3) is 0 Å². The van der Waals surface area contributed by atoms with Crippen molar-refractivity contribution in [1.82, 2.24) is 20.0 Å². The first-order chi connectivity index (χ1) is 25.6. The predicted molar refractivity (Wildman–Crippen MR) is 190 cm³/mol. The molecule has 0 atom stereocenters. The highest BCUT2D eigenvalue weighted by Crippen LogP contribution is 2.34. The number of piperidine rings is 1. The Labute approximate surface area is 308 Å². The summed E-state index contributed by atoms with van der Waals surface area (Å²) in [4.78, 5) is 19.8. The van der Waals surface area contributed by atoms with E-state index in [1.54, 1.807) is 29.2 Å². The Balaban J connectivity index is 1.12. The Bertz CT molecular complexity index is 2010. The number of ether oxygens (including phenoxy) is 1. The maximum atomic E-state index is 13.8. The lowest BCUT2D eigenvalue weighted by molar-refractivity contribution is -0.141. The normalized spacial score (nSPS) is 16.4. The first-order valence-corrected chi connectivity index (χ1v) is 19.0. The van der Waals surface area contributed by atoms with E-state index in [1.807, 2.05) is 12.1 Å². The lowest BCUT2D eigenvalue weighted by Crippen LogP contribution is -2.46. The van der Waals surface area contributed by atoms with E-state index in [2.05, 4.69) is 31.6 Å². The van der Waals surface area contributed by atoms with Crippen LogP contribution in [0.5, 0.6) is 11.6 Å². The Kier molecular flexibility index (Phi) is 11.4. The van der Waals surface area contributed by atoms with E-state index in [9.17, 15) is 39.6 Å². The zero-order chi connectivity index (χ0) is 38.7. The predicted octanol–water partition coefficient (Wildman–Crippen LogP) is 7.41. The summed E-state index contributed by atoms with van der Waals surface area (Å²) < 4.78 is 112. The number of aromatic nitrogens is 2. The molecule has 0 aliphatic carbocycles. The van der Waals surface area contributed by atoms with E-state index in [0.717, 1.165) is 61.6 Å². The van der Waals surface area contributed by atoms with Gasteiger partial charge in [-0.3, -0.25) is 9.52 Å². The summed E-state index contributed by atoms with van der Waals surface area (Å²) in [5.74, 6) is -0.395. The molecule has 1 N–H and O–H groups in total. The Morgan fingerprint density at radius 1 is 0.815 bits per heavy atom. The molecule has 1 amide bonds. The fourth-order valence-corrected chi connectivity index (χ4v) is 7.80. The van der Waals surface area contributed by atoms with Gasteiger partial charge in [0.1, 0.15) is 5.75 Å². The molecule has 1 aromatic heterocycles. The maximum Gasteiger partial charge on any atom is 0.435 e. The summed E-state index contributed by atoms with van der Waals surface area (Å²) in [5.41, 5.74) is 0.312. The molecule has 0 bridgehead atoms. The zero-order valence-electron chi connectivity index (χ0n) is 29.2. The summed E-state index contributed by atoms with van der Waals surface area (Å²) in [6.45, 7) is 6.65. The van der Waals surface area contributed by atoms with Gasteiger partial charge in [-0.1, -0.05) is 31.2 Å². The highest BCUT2D eigenvalue weighted by molar-refractivity contribution is 7.91. The average Bonchev–Trinajstić information content (AvgIpc) is 3.14. The van der Waals surface area contributed by atoms with Crippen molar-refractivity contribution in [3.05, 3.63) is 107 Å². The van der Waals surface area contributed by atoms with Gasteiger partial charge in [0, 0.05) is 50.9 Å². The van der Waals surface area contributed by atoms with Crippen LogP contribution in [0.2, 0.25) is 0 Å². The number of carbonyl (C=O) groups is 1. The Hall–Kier alpha value is -4.90. The molecule has 6 rings (SSSR count). The second kappa shape index (κ2) is 15.8. The number of sulfonamides is 1. The topological polar surface area (TPSA) is 108 Å². The number of benzene rings is 3. The quantitative estimate of drug-likeness (QED) is 0.166. The number of halogens is 6. The average molecular weight is 777 g/mol. The number of anilines is 2. The van der Waals surface area contributed by atoms with Crippen LogP contribution in [-0.4, -0.2) is 80.1 Å². The van der Waals surface area contributed by atoms with Gasteiger partial charge in [-0.15, -0.1) is 10.2 Å². The van der Waals surface area contributed by atoms with Crippen molar-refractivity contribution in [3.63, 3.8) is 0 Å². The molecule has 2 aliphatic rings. The van der Waals surface area contributed by atoms with Gasteiger partial charge >= 0.3 is 12.4 Å². The summed E-state index contributed by atoms with van der Waals surface area (Å²) in [6.07, 6.45) is -7.84. The zero-order valence-corrected chi connectivity index (χ0v) is 30.0. The van der Waals surface area contributed by atoms with E-state index >= 15 is 0 Å². The molecule has 4 aromatic rings. The van der Waals surface area contributed by atoms with Crippen LogP contribution in [0, 0.1) is 0 Å². The van der Waals surface area contributed by atoms with Gasteiger partial charge in [0.2, 0.25) is 15.9 Å². The van der Waals surface area contributed by atoms with Crippen LogP contribution in [0.4, 0.5) is 37.7 Å². The second-order valence-corrected chi connectivity index (χ2v) is 14.9. The molecule has 0 radical (unpaired) electrons. The largest absolute Gasteiger partial charge is 0.438 e. The van der Waals surface area contributed by atoms with E-state index in [0.29, 0.717) is 56.0 Å². The van der Waals surface area contributed by atoms with Crippen molar-refractivity contribution in [3.8, 4) is 11.6 Å². The van der Waals surface area contributed by atoms with Crippen molar-refractivity contribution < 1.29 is 44.3 Å². The standard InChI is InChI=1S/C37H38F6N6O4S/c1-2-47-19-21-48(22-20-47)32-12-7-28(23-31(32)46-54(51,52)24-25-3-8-29(9-4-25)36(38,39)40)35(50)49-17-15-27(16-18-49)26-5-10-30(11-6-26)53-34-14-13-33(44-45-34)37(41,42)43/h3-14,23,27,46H,2,15-22,24H2,1H3. The third kappa shape index (κ3) is 9.60. The Morgan fingerprint density at radius 3 is 2.06 bits per heavy atom. The number of carbonyl (C=O) groups excluding carboxylic acids is 1. The van der Waals surface area contributed by atoms with Crippen LogP contribution in [0.3, 0.4) is 0 Å². The fourth-order valence-electron chi connectivity index (χ4n) is 6.60. The Morgan fingerprint density at radius 2 is 1.48 bits per heavy atom. The molecule has 0 unspecified atom stereocenters. The molecule has 0 spiro atoms. The number of amides is 1. The molecule has 10 nitrogen and oxygen atoms in total. The molecule has 0 saturated carbocycles. The molecule has 2 fully saturated rings. The van der Waals surface area contributed by atoms with Gasteiger partial charge in [0.25, 0.3) is 5.91 Å². The smallest absolute Gasteiger partial charge is 0.435 e. The minimum absolute atomic E-state index is 0.0789. The first-order valence-electron chi connectivity index (χ1n) is 17.3. The highest BCUT2D eigenvalue weighted by Gasteiger charge is 2.33. The molecular formula is C37H38F6N6O4S. The number of hydrogen-bond acceptors (Lipinski definition) is 8. The van der Waals surface area contributed by atoms with Gasteiger partial charge < -0.3 is 19.4 Å². The minimum Gasteiger partial charge on any atom is -0.438 e. The third-order valence-corrected chi connectivity index (χ3v) is 10.8. The van der Waals surface area contributed by atoms with E-state index in [4.69, 9.17) is 4.74 Å². The molecule has 54 heavy (non-hydrogen) atoms. The summed E-state index contributed by atoms with van der Waals surface area (Å²) in [7, 11) is -4.10.